The number of guanidine groups is 1. The third-order valence-corrected chi connectivity index (χ3v) is 4.94. The molecule has 1 saturated heterocycles. The second kappa shape index (κ2) is 10.4. The minimum absolute atomic E-state index is 0.694. The van der Waals surface area contributed by atoms with Crippen molar-refractivity contribution in [1.82, 2.24) is 25.3 Å². The maximum absolute atomic E-state index is 4.82. The molecule has 0 amide bonds. The van der Waals surface area contributed by atoms with E-state index in [9.17, 15) is 0 Å². The number of aliphatic imine (C=N–C) groups is 1. The SMILES string of the molecule is CCNC(=NCc1c(CC)nn(C)c1CC)NCCN1CCCCC1. The summed E-state index contributed by atoms with van der Waals surface area (Å²) in [7, 11) is 2.04. The van der Waals surface area contributed by atoms with Crippen molar-refractivity contribution >= 4 is 5.96 Å². The zero-order valence-corrected chi connectivity index (χ0v) is 16.6. The van der Waals surface area contributed by atoms with Crippen LogP contribution in [-0.2, 0) is 26.4 Å². The van der Waals surface area contributed by atoms with Crippen LogP contribution in [0, 0.1) is 0 Å². The quantitative estimate of drug-likeness (QED) is 0.558. The molecule has 0 unspecified atom stereocenters. The summed E-state index contributed by atoms with van der Waals surface area (Å²) >= 11 is 0. The Morgan fingerprint density at radius 1 is 1.08 bits per heavy atom. The number of aryl methyl sites for hydroxylation is 2. The number of nitrogens with zero attached hydrogens (tertiary/aromatic N) is 4. The number of piperidine rings is 1. The summed E-state index contributed by atoms with van der Waals surface area (Å²) in [5, 5.41) is 11.5. The Bertz CT molecular complexity index is 542. The van der Waals surface area contributed by atoms with Gasteiger partial charge in [0.2, 0.25) is 0 Å². The molecular formula is C19H36N6. The van der Waals surface area contributed by atoms with Crippen LogP contribution >= 0.6 is 0 Å². The standard InChI is InChI=1S/C19H36N6/c1-5-17-16(18(6-2)24(4)23-17)15-22-19(20-7-3)21-11-14-25-12-9-8-10-13-25/h5-15H2,1-4H3,(H2,20,21,22). The second-order valence-corrected chi connectivity index (χ2v) is 6.73. The van der Waals surface area contributed by atoms with Crippen molar-refractivity contribution in [3.8, 4) is 0 Å². The van der Waals surface area contributed by atoms with Gasteiger partial charge in [-0.3, -0.25) is 4.68 Å². The first-order valence-electron chi connectivity index (χ1n) is 9.97. The molecule has 1 aromatic rings. The van der Waals surface area contributed by atoms with Gasteiger partial charge < -0.3 is 15.5 Å². The van der Waals surface area contributed by atoms with E-state index in [0.717, 1.165) is 38.4 Å². The Morgan fingerprint density at radius 3 is 2.48 bits per heavy atom. The van der Waals surface area contributed by atoms with Crippen LogP contribution in [0.4, 0.5) is 0 Å². The largest absolute Gasteiger partial charge is 0.357 e. The molecule has 0 aliphatic carbocycles. The van der Waals surface area contributed by atoms with Gasteiger partial charge in [-0.1, -0.05) is 20.3 Å². The molecule has 0 spiro atoms. The number of hydrogen-bond donors (Lipinski definition) is 2. The maximum atomic E-state index is 4.82. The highest BCUT2D eigenvalue weighted by Gasteiger charge is 2.13. The van der Waals surface area contributed by atoms with E-state index in [2.05, 4.69) is 41.4 Å². The van der Waals surface area contributed by atoms with Gasteiger partial charge in [0.25, 0.3) is 0 Å². The highest BCUT2D eigenvalue weighted by molar-refractivity contribution is 5.79. The molecule has 1 fully saturated rings. The lowest BCUT2D eigenvalue weighted by Gasteiger charge is -2.26. The van der Waals surface area contributed by atoms with Crippen LogP contribution in [0.3, 0.4) is 0 Å². The fourth-order valence-electron chi connectivity index (χ4n) is 3.59. The lowest BCUT2D eigenvalue weighted by molar-refractivity contribution is 0.232. The Labute approximate surface area is 153 Å². The van der Waals surface area contributed by atoms with Crippen molar-refractivity contribution in [2.45, 2.75) is 59.4 Å². The Morgan fingerprint density at radius 2 is 1.84 bits per heavy atom. The number of rotatable bonds is 8. The zero-order chi connectivity index (χ0) is 18.1. The second-order valence-electron chi connectivity index (χ2n) is 6.73. The van der Waals surface area contributed by atoms with Gasteiger partial charge in [0.15, 0.2) is 5.96 Å². The Hall–Kier alpha value is -1.56. The van der Waals surface area contributed by atoms with Gasteiger partial charge in [0.1, 0.15) is 0 Å². The van der Waals surface area contributed by atoms with Gasteiger partial charge in [-0.05, 0) is 45.7 Å². The number of nitrogens with one attached hydrogen (secondary N) is 2. The molecule has 1 aromatic heterocycles. The molecule has 2 rings (SSSR count). The highest BCUT2D eigenvalue weighted by Crippen LogP contribution is 2.16. The summed E-state index contributed by atoms with van der Waals surface area (Å²) in [5.41, 5.74) is 3.76. The average Bonchev–Trinajstić information content (AvgIpc) is 2.95. The third kappa shape index (κ3) is 5.73. The van der Waals surface area contributed by atoms with Crippen LogP contribution in [0.2, 0.25) is 0 Å². The predicted molar refractivity (Wildman–Crippen MR) is 105 cm³/mol. The minimum atomic E-state index is 0.694. The molecule has 142 valence electrons. The van der Waals surface area contributed by atoms with Gasteiger partial charge in [0.05, 0.1) is 12.2 Å². The first kappa shape index (κ1) is 19.8. The molecule has 0 radical (unpaired) electrons. The van der Waals surface area contributed by atoms with Crippen LogP contribution in [0.25, 0.3) is 0 Å². The summed E-state index contributed by atoms with van der Waals surface area (Å²) < 4.78 is 2.01. The molecular weight excluding hydrogens is 312 g/mol. The number of likely N-dealkylation sites (tertiary alicyclic amines) is 1. The lowest BCUT2D eigenvalue weighted by Crippen LogP contribution is -2.42. The zero-order valence-electron chi connectivity index (χ0n) is 16.6. The Kier molecular flexibility index (Phi) is 8.25. The van der Waals surface area contributed by atoms with Crippen LogP contribution in [0.5, 0.6) is 0 Å². The molecule has 2 heterocycles. The lowest BCUT2D eigenvalue weighted by atomic mass is 10.1. The fourth-order valence-corrected chi connectivity index (χ4v) is 3.59. The predicted octanol–water partition coefficient (Wildman–Crippen LogP) is 2.09. The molecule has 25 heavy (non-hydrogen) atoms. The van der Waals surface area contributed by atoms with E-state index < -0.39 is 0 Å². The van der Waals surface area contributed by atoms with Crippen LogP contribution < -0.4 is 10.6 Å². The molecule has 6 nitrogen and oxygen atoms in total. The van der Waals surface area contributed by atoms with E-state index >= 15 is 0 Å². The topological polar surface area (TPSA) is 57.5 Å². The molecule has 0 atom stereocenters. The van der Waals surface area contributed by atoms with Crippen LogP contribution in [0.15, 0.2) is 4.99 Å². The summed E-state index contributed by atoms with van der Waals surface area (Å²) in [6, 6.07) is 0. The molecule has 1 aliphatic heterocycles. The van der Waals surface area contributed by atoms with E-state index in [4.69, 9.17) is 4.99 Å². The van der Waals surface area contributed by atoms with E-state index in [1.807, 2.05) is 11.7 Å². The molecule has 0 bridgehead atoms. The average molecular weight is 349 g/mol. The monoisotopic (exact) mass is 348 g/mol. The van der Waals surface area contributed by atoms with E-state index in [0.29, 0.717) is 6.54 Å². The third-order valence-electron chi connectivity index (χ3n) is 4.94. The summed E-state index contributed by atoms with van der Waals surface area (Å²) in [5.74, 6) is 0.910. The van der Waals surface area contributed by atoms with E-state index in [1.165, 1.54) is 49.3 Å². The molecule has 2 N–H and O–H groups in total. The first-order chi connectivity index (χ1) is 12.2. The summed E-state index contributed by atoms with van der Waals surface area (Å²) in [6.07, 6.45) is 6.02. The normalized spacial score (nSPS) is 16.2. The van der Waals surface area contributed by atoms with Gasteiger partial charge in [-0.15, -0.1) is 0 Å². The fraction of sp³-hybridized carbons (Fsp3) is 0.789. The first-order valence-corrected chi connectivity index (χ1v) is 9.97. The van der Waals surface area contributed by atoms with Crippen LogP contribution in [0.1, 0.15) is 57.0 Å². The van der Waals surface area contributed by atoms with E-state index in [1.54, 1.807) is 0 Å². The molecule has 6 heteroatoms. The molecule has 0 saturated carbocycles. The van der Waals surface area contributed by atoms with Crippen molar-refractivity contribution in [2.75, 3.05) is 32.7 Å². The maximum Gasteiger partial charge on any atom is 0.191 e. The van der Waals surface area contributed by atoms with Crippen LogP contribution in [-0.4, -0.2) is 53.4 Å². The highest BCUT2D eigenvalue weighted by atomic mass is 15.3. The molecule has 0 aromatic carbocycles. The smallest absolute Gasteiger partial charge is 0.191 e. The van der Waals surface area contributed by atoms with Crippen molar-refractivity contribution in [2.24, 2.45) is 12.0 Å². The summed E-state index contributed by atoms with van der Waals surface area (Å²) in [4.78, 5) is 7.37. The van der Waals surface area contributed by atoms with Crippen molar-refractivity contribution in [3.05, 3.63) is 17.0 Å². The van der Waals surface area contributed by atoms with Crippen molar-refractivity contribution < 1.29 is 0 Å². The van der Waals surface area contributed by atoms with Gasteiger partial charge >= 0.3 is 0 Å². The van der Waals surface area contributed by atoms with E-state index in [-0.39, 0.29) is 0 Å². The minimum Gasteiger partial charge on any atom is -0.357 e. The number of hydrogen-bond acceptors (Lipinski definition) is 3. The van der Waals surface area contributed by atoms with Gasteiger partial charge in [0, 0.05) is 37.9 Å². The van der Waals surface area contributed by atoms with Gasteiger partial charge in [-0.2, -0.15) is 5.10 Å². The molecule has 1 aliphatic rings. The van der Waals surface area contributed by atoms with Crippen molar-refractivity contribution in [3.63, 3.8) is 0 Å². The van der Waals surface area contributed by atoms with Crippen molar-refractivity contribution in [1.29, 1.82) is 0 Å². The van der Waals surface area contributed by atoms with Gasteiger partial charge in [-0.25, -0.2) is 4.99 Å². The summed E-state index contributed by atoms with van der Waals surface area (Å²) in [6.45, 7) is 12.6. The number of aromatic nitrogens is 2. The Balaban J connectivity index is 1.94.